The van der Waals surface area contributed by atoms with E-state index >= 15 is 0 Å². The fourth-order valence-corrected chi connectivity index (χ4v) is 3.20. The molecule has 0 atom stereocenters. The third-order valence-electron chi connectivity index (χ3n) is 4.55. The minimum absolute atomic E-state index is 0.139. The smallest absolute Gasteiger partial charge is 0.242 e. The Morgan fingerprint density at radius 2 is 2.08 bits per heavy atom. The minimum atomic E-state index is 0.139. The number of carbonyl (C=O) groups excluding carboxylic acids is 1. The molecule has 1 fully saturated rings. The summed E-state index contributed by atoms with van der Waals surface area (Å²) in [5, 5.41) is 0. The first-order valence-electron chi connectivity index (χ1n) is 8.29. The average molecular weight is 324 g/mol. The molecule has 0 radical (unpaired) electrons. The number of hydrogen-bond donors (Lipinski definition) is 0. The number of para-hydroxylation sites is 1. The third kappa shape index (κ3) is 2.68. The first kappa shape index (κ1) is 14.9. The van der Waals surface area contributed by atoms with Gasteiger partial charge >= 0.3 is 0 Å². The van der Waals surface area contributed by atoms with Crippen molar-refractivity contribution in [1.29, 1.82) is 0 Å². The van der Waals surface area contributed by atoms with Crippen LogP contribution in [0, 0.1) is 0 Å². The molecule has 1 amide bonds. The van der Waals surface area contributed by atoms with Gasteiger partial charge in [0, 0.05) is 37.5 Å². The quantitative estimate of drug-likeness (QED) is 0.865. The van der Waals surface area contributed by atoms with Crippen LogP contribution in [-0.2, 0) is 11.4 Å². The Kier molecular flexibility index (Phi) is 3.80. The van der Waals surface area contributed by atoms with Crippen LogP contribution in [0.25, 0.3) is 11.3 Å². The lowest BCUT2D eigenvalue weighted by Crippen LogP contribution is -2.38. The number of nitrogens with zero attached hydrogens (tertiary/aromatic N) is 4. The van der Waals surface area contributed by atoms with Crippen LogP contribution in [0.5, 0.6) is 5.75 Å². The zero-order valence-electron chi connectivity index (χ0n) is 13.7. The number of benzene rings is 1. The molecular formula is C18H20N4O2. The van der Waals surface area contributed by atoms with E-state index in [0.29, 0.717) is 19.1 Å². The van der Waals surface area contributed by atoms with Crippen LogP contribution in [-0.4, -0.2) is 47.5 Å². The van der Waals surface area contributed by atoms with Crippen molar-refractivity contribution in [2.24, 2.45) is 0 Å². The zero-order valence-corrected chi connectivity index (χ0v) is 13.7. The second kappa shape index (κ2) is 6.11. The van der Waals surface area contributed by atoms with E-state index in [1.807, 2.05) is 41.1 Å². The molecule has 0 unspecified atom stereocenters. The molecule has 0 N–H and O–H groups in total. The molecule has 0 spiro atoms. The molecule has 3 heterocycles. The lowest BCUT2D eigenvalue weighted by Gasteiger charge is -2.24. The molecule has 1 saturated heterocycles. The SMILES string of the molecule is CN(CC(=O)N1CCCC1)c1ncc2c(n1)-c1ccccc1OC2. The summed E-state index contributed by atoms with van der Waals surface area (Å²) in [6, 6.07) is 7.87. The van der Waals surface area contributed by atoms with E-state index in [4.69, 9.17) is 9.72 Å². The predicted molar refractivity (Wildman–Crippen MR) is 90.9 cm³/mol. The highest BCUT2D eigenvalue weighted by molar-refractivity contribution is 5.81. The van der Waals surface area contributed by atoms with Crippen LogP contribution in [0.2, 0.25) is 0 Å². The second-order valence-corrected chi connectivity index (χ2v) is 6.27. The highest BCUT2D eigenvalue weighted by atomic mass is 16.5. The van der Waals surface area contributed by atoms with Crippen molar-refractivity contribution in [3.05, 3.63) is 36.0 Å². The average Bonchev–Trinajstić information content (AvgIpc) is 3.16. The van der Waals surface area contributed by atoms with Crippen molar-refractivity contribution in [3.63, 3.8) is 0 Å². The maximum atomic E-state index is 12.3. The zero-order chi connectivity index (χ0) is 16.5. The molecule has 0 bridgehead atoms. The van der Waals surface area contributed by atoms with Gasteiger partial charge in [0.15, 0.2) is 0 Å². The molecule has 1 aromatic carbocycles. The Labute approximate surface area is 141 Å². The topological polar surface area (TPSA) is 58.6 Å². The predicted octanol–water partition coefficient (Wildman–Crippen LogP) is 2.09. The van der Waals surface area contributed by atoms with E-state index < -0.39 is 0 Å². The Bertz CT molecular complexity index is 771. The van der Waals surface area contributed by atoms with E-state index in [1.54, 1.807) is 6.20 Å². The van der Waals surface area contributed by atoms with Gasteiger partial charge in [0.25, 0.3) is 0 Å². The van der Waals surface area contributed by atoms with Gasteiger partial charge in [-0.15, -0.1) is 0 Å². The number of likely N-dealkylation sites (tertiary alicyclic amines) is 1. The first-order chi connectivity index (χ1) is 11.7. The van der Waals surface area contributed by atoms with E-state index in [-0.39, 0.29) is 5.91 Å². The number of rotatable bonds is 3. The third-order valence-corrected chi connectivity index (χ3v) is 4.55. The number of anilines is 1. The number of aromatic nitrogens is 2. The summed E-state index contributed by atoms with van der Waals surface area (Å²) >= 11 is 0. The number of fused-ring (bicyclic) bond motifs is 3. The van der Waals surface area contributed by atoms with Crippen molar-refractivity contribution in [2.75, 3.05) is 31.6 Å². The molecule has 24 heavy (non-hydrogen) atoms. The van der Waals surface area contributed by atoms with Gasteiger partial charge in [-0.2, -0.15) is 0 Å². The molecule has 0 saturated carbocycles. The first-order valence-corrected chi connectivity index (χ1v) is 8.29. The van der Waals surface area contributed by atoms with Gasteiger partial charge in [0.1, 0.15) is 12.4 Å². The minimum Gasteiger partial charge on any atom is -0.488 e. The van der Waals surface area contributed by atoms with Gasteiger partial charge in [-0.3, -0.25) is 4.79 Å². The van der Waals surface area contributed by atoms with Crippen molar-refractivity contribution in [1.82, 2.24) is 14.9 Å². The summed E-state index contributed by atoms with van der Waals surface area (Å²) in [4.78, 5) is 25.2. The van der Waals surface area contributed by atoms with Gasteiger partial charge in [-0.05, 0) is 25.0 Å². The number of amides is 1. The van der Waals surface area contributed by atoms with E-state index in [9.17, 15) is 4.79 Å². The van der Waals surface area contributed by atoms with Crippen LogP contribution >= 0.6 is 0 Å². The van der Waals surface area contributed by atoms with Gasteiger partial charge in [-0.25, -0.2) is 9.97 Å². The molecular weight excluding hydrogens is 304 g/mol. The van der Waals surface area contributed by atoms with Crippen LogP contribution in [0.15, 0.2) is 30.5 Å². The summed E-state index contributed by atoms with van der Waals surface area (Å²) in [6.45, 7) is 2.50. The van der Waals surface area contributed by atoms with Crippen LogP contribution in [0.1, 0.15) is 18.4 Å². The van der Waals surface area contributed by atoms with Gasteiger partial charge in [0.05, 0.1) is 12.2 Å². The molecule has 2 aromatic rings. The number of carbonyl (C=O) groups is 1. The highest BCUT2D eigenvalue weighted by Gasteiger charge is 2.23. The van der Waals surface area contributed by atoms with Crippen LogP contribution in [0.4, 0.5) is 5.95 Å². The largest absolute Gasteiger partial charge is 0.488 e. The normalized spacial score (nSPS) is 15.5. The second-order valence-electron chi connectivity index (χ2n) is 6.27. The van der Waals surface area contributed by atoms with Crippen molar-refractivity contribution < 1.29 is 9.53 Å². The van der Waals surface area contributed by atoms with Crippen molar-refractivity contribution >= 4 is 11.9 Å². The van der Waals surface area contributed by atoms with Gasteiger partial charge in [-0.1, -0.05) is 12.1 Å². The fourth-order valence-electron chi connectivity index (χ4n) is 3.20. The number of ether oxygens (including phenoxy) is 1. The lowest BCUT2D eigenvalue weighted by molar-refractivity contribution is -0.128. The molecule has 6 heteroatoms. The summed E-state index contributed by atoms with van der Waals surface area (Å²) < 4.78 is 5.73. The fraction of sp³-hybridized carbons (Fsp3) is 0.389. The molecule has 1 aromatic heterocycles. The van der Waals surface area contributed by atoms with E-state index in [0.717, 1.165) is 48.5 Å². The summed E-state index contributed by atoms with van der Waals surface area (Å²) in [5.41, 5.74) is 2.83. The Morgan fingerprint density at radius 1 is 1.29 bits per heavy atom. The summed E-state index contributed by atoms with van der Waals surface area (Å²) in [7, 11) is 1.86. The maximum absolute atomic E-state index is 12.3. The highest BCUT2D eigenvalue weighted by Crippen LogP contribution is 2.36. The Hall–Kier alpha value is -2.63. The molecule has 2 aliphatic heterocycles. The van der Waals surface area contributed by atoms with E-state index in [2.05, 4.69) is 4.98 Å². The molecule has 2 aliphatic rings. The van der Waals surface area contributed by atoms with Gasteiger partial charge < -0.3 is 14.5 Å². The van der Waals surface area contributed by atoms with Crippen molar-refractivity contribution in [3.8, 4) is 17.0 Å². The molecule has 0 aliphatic carbocycles. The maximum Gasteiger partial charge on any atom is 0.242 e. The van der Waals surface area contributed by atoms with E-state index in [1.165, 1.54) is 0 Å². The lowest BCUT2D eigenvalue weighted by atomic mass is 10.0. The molecule has 124 valence electrons. The Balaban J connectivity index is 1.58. The monoisotopic (exact) mass is 324 g/mol. The standard InChI is InChI=1S/C18H20N4O2/c1-21(11-16(23)22-8-4-5-9-22)18-19-10-13-12-24-15-7-3-2-6-14(15)17(13)20-18/h2-3,6-7,10H,4-5,8-9,11-12H2,1H3. The molecule has 6 nitrogen and oxygen atoms in total. The Morgan fingerprint density at radius 3 is 2.92 bits per heavy atom. The number of hydrogen-bond acceptors (Lipinski definition) is 5. The van der Waals surface area contributed by atoms with Crippen LogP contribution < -0.4 is 9.64 Å². The van der Waals surface area contributed by atoms with Crippen molar-refractivity contribution in [2.45, 2.75) is 19.4 Å². The van der Waals surface area contributed by atoms with Crippen LogP contribution in [0.3, 0.4) is 0 Å². The summed E-state index contributed by atoms with van der Waals surface area (Å²) in [6.07, 6.45) is 3.99. The summed E-state index contributed by atoms with van der Waals surface area (Å²) in [5.74, 6) is 1.54. The number of likely N-dealkylation sites (N-methyl/N-ethyl adjacent to an activating group) is 1. The molecule has 4 rings (SSSR count). The van der Waals surface area contributed by atoms with Gasteiger partial charge in [0.2, 0.25) is 11.9 Å².